The first-order valence-corrected chi connectivity index (χ1v) is 12.1. The number of carbonyl (C=O) groups is 1. The summed E-state index contributed by atoms with van der Waals surface area (Å²) in [5, 5.41) is 0. The highest BCUT2D eigenvalue weighted by Gasteiger charge is 2.52. The summed E-state index contributed by atoms with van der Waals surface area (Å²) in [5.41, 5.74) is -1.20. The lowest BCUT2D eigenvalue weighted by atomic mass is 9.78. The summed E-state index contributed by atoms with van der Waals surface area (Å²) < 4.78 is 43.5. The molecular weight excluding hydrogens is 440 g/mol. The smallest absolute Gasteiger partial charge is 0.493 e. The Kier molecular flexibility index (Phi) is 8.20. The van der Waals surface area contributed by atoms with Crippen LogP contribution in [-0.4, -0.2) is 67.3 Å². The molecule has 34 heavy (non-hydrogen) atoms. The first-order valence-electron chi connectivity index (χ1n) is 12.1. The Bertz CT molecular complexity index is 840. The van der Waals surface area contributed by atoms with E-state index in [1.54, 1.807) is 17.0 Å². The van der Waals surface area contributed by atoms with E-state index in [1.165, 1.54) is 6.07 Å². The van der Waals surface area contributed by atoms with Gasteiger partial charge < -0.3 is 28.4 Å². The van der Waals surface area contributed by atoms with Crippen molar-refractivity contribution in [2.75, 3.05) is 26.4 Å². The van der Waals surface area contributed by atoms with E-state index >= 15 is 0 Å². The van der Waals surface area contributed by atoms with Crippen molar-refractivity contribution in [3.05, 3.63) is 24.0 Å². The fourth-order valence-corrected chi connectivity index (χ4v) is 3.90. The molecule has 1 aromatic rings. The second kappa shape index (κ2) is 10.4. The number of carbonyl (C=O) groups excluding carboxylic acids is 1. The van der Waals surface area contributed by atoms with Crippen LogP contribution in [0.2, 0.25) is 0 Å². The third-order valence-corrected chi connectivity index (χ3v) is 6.50. The normalized spacial score (nSPS) is 21.7. The van der Waals surface area contributed by atoms with Gasteiger partial charge in [-0.3, -0.25) is 0 Å². The second-order valence-corrected chi connectivity index (χ2v) is 11.0. The van der Waals surface area contributed by atoms with Gasteiger partial charge >= 0.3 is 13.2 Å². The molecule has 0 spiro atoms. The monoisotopic (exact) mass is 479 g/mol. The van der Waals surface area contributed by atoms with Crippen LogP contribution in [0.3, 0.4) is 0 Å². The minimum atomic E-state index is -0.747. The maximum Gasteiger partial charge on any atom is 0.497 e. The molecule has 0 aromatic heterocycles. The molecule has 9 heteroatoms. The highest BCUT2D eigenvalue weighted by Crippen LogP contribution is 2.36. The van der Waals surface area contributed by atoms with E-state index < -0.39 is 29.7 Å². The van der Waals surface area contributed by atoms with Gasteiger partial charge in [-0.15, -0.1) is 0 Å². The molecule has 0 bridgehead atoms. The third kappa shape index (κ3) is 6.64. The zero-order chi connectivity index (χ0) is 25.1. The number of likely N-dealkylation sites (tertiary alicyclic amines) is 1. The molecule has 0 radical (unpaired) electrons. The Labute approximate surface area is 203 Å². The van der Waals surface area contributed by atoms with E-state index in [0.29, 0.717) is 44.0 Å². The maximum absolute atomic E-state index is 14.7. The summed E-state index contributed by atoms with van der Waals surface area (Å²) in [7, 11) is -0.747. The Morgan fingerprint density at radius 2 is 1.85 bits per heavy atom. The van der Waals surface area contributed by atoms with E-state index in [2.05, 4.69) is 0 Å². The van der Waals surface area contributed by atoms with Crippen molar-refractivity contribution in [1.29, 1.82) is 0 Å². The van der Waals surface area contributed by atoms with E-state index in [4.69, 9.17) is 23.5 Å². The standard InChI is InChI=1S/C25H39BFNO6/c1-23(2,3)32-22(29)28-13-8-10-18(28)17-30-14-9-15-31-19-11-12-20(21(27)16-19)26-33-24(4,5)25(6,7)34-26/h11-12,16,18H,8-10,13-15,17H2,1-7H3/t18-/m0/s1. The summed E-state index contributed by atoms with van der Waals surface area (Å²) in [6, 6.07) is 4.77. The maximum atomic E-state index is 14.7. The number of hydrogen-bond acceptors (Lipinski definition) is 6. The molecule has 7 nitrogen and oxygen atoms in total. The molecule has 0 aliphatic carbocycles. The van der Waals surface area contributed by atoms with Crippen LogP contribution >= 0.6 is 0 Å². The van der Waals surface area contributed by atoms with Crippen molar-refractivity contribution in [2.24, 2.45) is 0 Å². The molecule has 3 rings (SSSR count). The Morgan fingerprint density at radius 3 is 2.47 bits per heavy atom. The molecular formula is C25H39BFNO6. The fourth-order valence-electron chi connectivity index (χ4n) is 3.90. The second-order valence-electron chi connectivity index (χ2n) is 11.0. The Morgan fingerprint density at radius 1 is 1.18 bits per heavy atom. The summed E-state index contributed by atoms with van der Waals surface area (Å²) >= 11 is 0. The molecule has 2 aliphatic rings. The molecule has 2 heterocycles. The molecule has 2 aliphatic heterocycles. The predicted molar refractivity (Wildman–Crippen MR) is 129 cm³/mol. The third-order valence-electron chi connectivity index (χ3n) is 6.50. The van der Waals surface area contributed by atoms with Crippen molar-refractivity contribution >= 4 is 18.7 Å². The van der Waals surface area contributed by atoms with Gasteiger partial charge in [-0.1, -0.05) is 6.07 Å². The minimum absolute atomic E-state index is 0.0346. The zero-order valence-corrected chi connectivity index (χ0v) is 21.6. The Balaban J connectivity index is 1.39. The molecule has 0 N–H and O–H groups in total. The van der Waals surface area contributed by atoms with Crippen LogP contribution in [0.1, 0.15) is 67.7 Å². The van der Waals surface area contributed by atoms with E-state index in [0.717, 1.165) is 12.8 Å². The topological polar surface area (TPSA) is 66.5 Å². The first-order chi connectivity index (χ1) is 15.8. The van der Waals surface area contributed by atoms with Crippen molar-refractivity contribution in [3.8, 4) is 5.75 Å². The average Bonchev–Trinajstić information content (AvgIpc) is 3.25. The molecule has 2 fully saturated rings. The number of benzene rings is 1. The molecule has 1 amide bonds. The molecule has 0 unspecified atom stereocenters. The number of rotatable bonds is 8. The van der Waals surface area contributed by atoms with Crippen molar-refractivity contribution in [2.45, 2.75) is 90.6 Å². The lowest BCUT2D eigenvalue weighted by molar-refractivity contribution is 0.00578. The SMILES string of the molecule is CC(C)(C)OC(=O)N1CCC[C@H]1COCCCOc1ccc(B2OC(C)(C)C(C)(C)O2)c(F)c1. The van der Waals surface area contributed by atoms with E-state index in [1.807, 2.05) is 48.5 Å². The molecule has 1 atom stereocenters. The average molecular weight is 479 g/mol. The van der Waals surface area contributed by atoms with Gasteiger partial charge in [0.2, 0.25) is 0 Å². The van der Waals surface area contributed by atoms with Gasteiger partial charge in [0, 0.05) is 31.1 Å². The van der Waals surface area contributed by atoms with Crippen LogP contribution in [0.25, 0.3) is 0 Å². The summed E-state index contributed by atoms with van der Waals surface area (Å²) in [6.45, 7) is 15.4. The van der Waals surface area contributed by atoms with Crippen LogP contribution < -0.4 is 10.2 Å². The molecule has 190 valence electrons. The molecule has 2 saturated heterocycles. The first kappa shape index (κ1) is 26.8. The fraction of sp³-hybridized carbons (Fsp3) is 0.720. The summed E-state index contributed by atoms with van der Waals surface area (Å²) in [5.74, 6) is 0.0281. The van der Waals surface area contributed by atoms with Gasteiger partial charge in [-0.05, 0) is 67.4 Å². The lowest BCUT2D eigenvalue weighted by Gasteiger charge is -2.32. The lowest BCUT2D eigenvalue weighted by Crippen LogP contribution is -2.41. The predicted octanol–water partition coefficient (Wildman–Crippen LogP) is 4.31. The molecule has 0 saturated carbocycles. The zero-order valence-electron chi connectivity index (χ0n) is 21.6. The number of nitrogens with zero attached hydrogens (tertiary/aromatic N) is 1. The Hall–Kier alpha value is -1.84. The van der Waals surface area contributed by atoms with Crippen molar-refractivity contribution in [1.82, 2.24) is 4.90 Å². The highest BCUT2D eigenvalue weighted by molar-refractivity contribution is 6.62. The largest absolute Gasteiger partial charge is 0.497 e. The van der Waals surface area contributed by atoms with E-state index in [-0.39, 0.29) is 12.1 Å². The van der Waals surface area contributed by atoms with Crippen LogP contribution in [0.4, 0.5) is 9.18 Å². The highest BCUT2D eigenvalue weighted by atomic mass is 19.1. The summed E-state index contributed by atoms with van der Waals surface area (Å²) in [6.07, 6.45) is 2.22. The quantitative estimate of drug-likeness (QED) is 0.409. The molecule has 1 aromatic carbocycles. The van der Waals surface area contributed by atoms with Crippen LogP contribution in [0.5, 0.6) is 5.75 Å². The number of amides is 1. The van der Waals surface area contributed by atoms with Gasteiger partial charge in [0.1, 0.15) is 17.2 Å². The van der Waals surface area contributed by atoms with Crippen LogP contribution in [0, 0.1) is 5.82 Å². The van der Waals surface area contributed by atoms with E-state index in [9.17, 15) is 9.18 Å². The van der Waals surface area contributed by atoms with Crippen molar-refractivity contribution in [3.63, 3.8) is 0 Å². The van der Waals surface area contributed by atoms with Gasteiger partial charge in [0.25, 0.3) is 0 Å². The van der Waals surface area contributed by atoms with Gasteiger partial charge in [-0.25, -0.2) is 9.18 Å². The van der Waals surface area contributed by atoms with Crippen LogP contribution in [-0.2, 0) is 18.8 Å². The number of hydrogen-bond donors (Lipinski definition) is 0. The number of halogens is 1. The van der Waals surface area contributed by atoms with Gasteiger partial charge in [0.05, 0.1) is 30.5 Å². The van der Waals surface area contributed by atoms with Gasteiger partial charge in [-0.2, -0.15) is 0 Å². The summed E-state index contributed by atoms with van der Waals surface area (Å²) in [4.78, 5) is 14.1. The van der Waals surface area contributed by atoms with Crippen LogP contribution in [0.15, 0.2) is 18.2 Å². The van der Waals surface area contributed by atoms with Gasteiger partial charge in [0.15, 0.2) is 0 Å². The minimum Gasteiger partial charge on any atom is -0.493 e. The number of ether oxygens (including phenoxy) is 3. The van der Waals surface area contributed by atoms with Crippen molar-refractivity contribution < 1.29 is 32.7 Å².